The molecule has 15 heteroatoms. The average Bonchev–Trinajstić information content (AvgIpc) is 3.07. The number of nitrogens with one attached hydrogen (secondary N) is 4. The number of phenolic OH excluding ortho intramolecular Hbond substituents is 2. The lowest BCUT2D eigenvalue weighted by Crippen LogP contribution is -2.56. The van der Waals surface area contributed by atoms with Crippen LogP contribution in [0.5, 0.6) is 11.5 Å². The number of hydrogen-bond acceptors (Lipinski definition) is 11. The van der Waals surface area contributed by atoms with Crippen molar-refractivity contribution in [3.05, 3.63) is 47.5 Å². The summed E-state index contributed by atoms with van der Waals surface area (Å²) >= 11 is 0. The second kappa shape index (κ2) is 19.7. The summed E-state index contributed by atoms with van der Waals surface area (Å²) in [5, 5.41) is 32.3. The van der Waals surface area contributed by atoms with Gasteiger partial charge in [-0.3, -0.25) is 19.2 Å². The van der Waals surface area contributed by atoms with Crippen LogP contribution in [0.25, 0.3) is 11.1 Å². The monoisotopic (exact) mass is 683 g/mol. The first-order valence-electron chi connectivity index (χ1n) is 16.9. The van der Waals surface area contributed by atoms with Crippen molar-refractivity contribution in [2.45, 2.75) is 88.0 Å². The number of phenols is 2. The quantitative estimate of drug-likeness (QED) is 0.0981. The lowest BCUT2D eigenvalue weighted by atomic mass is 9.95. The van der Waals surface area contributed by atoms with E-state index >= 15 is 0 Å². The number of amides is 4. The Balaban J connectivity index is 1.74. The van der Waals surface area contributed by atoms with E-state index in [1.807, 2.05) is 0 Å². The summed E-state index contributed by atoms with van der Waals surface area (Å²) in [5.41, 5.74) is 31.7. The minimum atomic E-state index is -1.12. The summed E-state index contributed by atoms with van der Waals surface area (Å²) in [6, 6.07) is 5.96. The van der Waals surface area contributed by atoms with Gasteiger partial charge in [-0.2, -0.15) is 0 Å². The number of aromatic hydroxyl groups is 2. The number of fused-ring (bicyclic) bond motifs is 5. The fraction of sp³-hybridized carbons (Fsp3) is 0.529. The zero-order valence-electron chi connectivity index (χ0n) is 28.0. The average molecular weight is 684 g/mol. The Bertz CT molecular complexity index is 1420. The van der Waals surface area contributed by atoms with Crippen molar-refractivity contribution >= 4 is 23.6 Å². The molecule has 3 rings (SSSR count). The van der Waals surface area contributed by atoms with Crippen LogP contribution in [0.1, 0.15) is 56.1 Å². The predicted molar refractivity (Wildman–Crippen MR) is 187 cm³/mol. The molecule has 0 saturated heterocycles. The molecule has 15 nitrogen and oxygen atoms in total. The summed E-state index contributed by atoms with van der Waals surface area (Å²) in [4.78, 5) is 52.5. The first-order valence-corrected chi connectivity index (χ1v) is 16.9. The van der Waals surface area contributed by atoms with E-state index in [0.717, 1.165) is 6.42 Å². The Morgan fingerprint density at radius 3 is 2.06 bits per heavy atom. The maximum absolute atomic E-state index is 13.6. The summed E-state index contributed by atoms with van der Waals surface area (Å²) in [6.45, 7) is 1.36. The van der Waals surface area contributed by atoms with E-state index in [4.69, 9.17) is 28.7 Å². The molecule has 2 aromatic rings. The SMILES string of the molecule is NCCC[C@H](N)CNC(=O)C[C@@H](N)CCCNC(=O)[C@@H]1Cc2cc(ccc2O)-c2ccc(O)c(c2)C[C@H](N)C(=O)N[C@@H](CCCN)C(=O)N1. The molecule has 0 aliphatic carbocycles. The van der Waals surface area contributed by atoms with Gasteiger partial charge in [0.05, 0.1) is 6.04 Å². The Hall–Kier alpha value is -4.28. The number of nitrogens with two attached hydrogens (primary N) is 5. The van der Waals surface area contributed by atoms with Crippen LogP contribution in [0.4, 0.5) is 0 Å². The molecule has 2 aromatic carbocycles. The first-order chi connectivity index (χ1) is 23.4. The molecule has 1 aliphatic rings. The van der Waals surface area contributed by atoms with Crippen molar-refractivity contribution in [2.75, 3.05) is 26.2 Å². The maximum atomic E-state index is 13.6. The highest BCUT2D eigenvalue weighted by Crippen LogP contribution is 2.31. The number of carbonyl (C=O) groups is 4. The topological polar surface area (TPSA) is 287 Å². The van der Waals surface area contributed by atoms with Gasteiger partial charge in [0.1, 0.15) is 23.6 Å². The van der Waals surface area contributed by atoms with Gasteiger partial charge in [0.25, 0.3) is 0 Å². The first kappa shape index (κ1) is 39.2. The fourth-order valence-corrected chi connectivity index (χ4v) is 5.60. The molecule has 270 valence electrons. The lowest BCUT2D eigenvalue weighted by Gasteiger charge is -2.24. The summed E-state index contributed by atoms with van der Waals surface area (Å²) in [7, 11) is 0. The van der Waals surface area contributed by atoms with Crippen LogP contribution >= 0.6 is 0 Å². The normalized spacial score (nSPS) is 19.4. The van der Waals surface area contributed by atoms with E-state index in [0.29, 0.717) is 61.0 Å². The number of rotatable bonds is 15. The number of hydrogen-bond donors (Lipinski definition) is 11. The van der Waals surface area contributed by atoms with Gasteiger partial charge in [-0.1, -0.05) is 12.1 Å². The highest BCUT2D eigenvalue weighted by molar-refractivity contribution is 5.93. The highest BCUT2D eigenvalue weighted by Gasteiger charge is 2.29. The zero-order valence-corrected chi connectivity index (χ0v) is 28.0. The van der Waals surface area contributed by atoms with Crippen LogP contribution in [-0.2, 0) is 32.0 Å². The van der Waals surface area contributed by atoms with Crippen molar-refractivity contribution in [1.82, 2.24) is 21.3 Å². The van der Waals surface area contributed by atoms with Crippen LogP contribution in [0.3, 0.4) is 0 Å². The molecule has 1 aliphatic heterocycles. The second-order valence-electron chi connectivity index (χ2n) is 12.6. The van der Waals surface area contributed by atoms with E-state index < -0.39 is 41.9 Å². The molecule has 0 unspecified atom stereocenters. The molecule has 4 bridgehead atoms. The highest BCUT2D eigenvalue weighted by atomic mass is 16.3. The summed E-state index contributed by atoms with van der Waals surface area (Å²) < 4.78 is 0. The van der Waals surface area contributed by atoms with E-state index in [1.165, 1.54) is 12.1 Å². The van der Waals surface area contributed by atoms with Crippen LogP contribution in [0.15, 0.2) is 36.4 Å². The molecule has 4 amide bonds. The van der Waals surface area contributed by atoms with Crippen molar-refractivity contribution in [2.24, 2.45) is 28.7 Å². The second-order valence-corrected chi connectivity index (χ2v) is 12.6. The van der Waals surface area contributed by atoms with E-state index in [-0.39, 0.29) is 62.2 Å². The maximum Gasteiger partial charge on any atom is 0.243 e. The molecular formula is C34H53N9O6. The number of carbonyl (C=O) groups excluding carboxylic acids is 4. The van der Waals surface area contributed by atoms with Crippen molar-refractivity contribution in [3.63, 3.8) is 0 Å². The molecular weight excluding hydrogens is 630 g/mol. The van der Waals surface area contributed by atoms with Gasteiger partial charge in [0, 0.05) is 44.4 Å². The van der Waals surface area contributed by atoms with Crippen molar-refractivity contribution in [1.29, 1.82) is 0 Å². The third-order valence-corrected chi connectivity index (χ3v) is 8.49. The standard InChI is InChI=1S/C34H53N9O6/c35-11-1-4-25(38)19-41-31(46)18-24(37)5-3-13-40-33(48)28-17-23-15-21(8-10-30(23)45)20-7-9-29(44)22(14-20)16-26(39)32(47)42-27(6-2-12-36)34(49)43-28/h7-10,14-15,24-28,44-45H,1-6,11-13,16-19,35-39H2,(H,40,48)(H,41,46)(H,42,47)(H,43,49)/t24-,25-,26-,27-,28-/m0/s1. The van der Waals surface area contributed by atoms with Gasteiger partial charge < -0.3 is 60.1 Å². The molecule has 0 aromatic heterocycles. The van der Waals surface area contributed by atoms with Gasteiger partial charge in [-0.05, 0) is 98.1 Å². The van der Waals surface area contributed by atoms with Crippen molar-refractivity contribution in [3.8, 4) is 22.6 Å². The molecule has 0 spiro atoms. The molecule has 16 N–H and O–H groups in total. The van der Waals surface area contributed by atoms with Gasteiger partial charge in [-0.15, -0.1) is 0 Å². The minimum Gasteiger partial charge on any atom is -0.508 e. The van der Waals surface area contributed by atoms with Gasteiger partial charge >= 0.3 is 0 Å². The van der Waals surface area contributed by atoms with E-state index in [1.54, 1.807) is 24.3 Å². The van der Waals surface area contributed by atoms with Crippen molar-refractivity contribution < 1.29 is 29.4 Å². The summed E-state index contributed by atoms with van der Waals surface area (Å²) in [5.74, 6) is -2.03. The molecule has 0 radical (unpaired) electrons. The Kier molecular flexibility index (Phi) is 15.7. The molecule has 0 saturated carbocycles. The molecule has 0 fully saturated rings. The molecule has 5 atom stereocenters. The zero-order chi connectivity index (χ0) is 35.9. The Morgan fingerprint density at radius 2 is 1.43 bits per heavy atom. The van der Waals surface area contributed by atoms with Crippen LogP contribution in [0.2, 0.25) is 0 Å². The molecule has 1 heterocycles. The minimum absolute atomic E-state index is 0.00440. The van der Waals surface area contributed by atoms with Gasteiger partial charge in [-0.25, -0.2) is 0 Å². The third-order valence-electron chi connectivity index (χ3n) is 8.49. The fourth-order valence-electron chi connectivity index (χ4n) is 5.60. The van der Waals surface area contributed by atoms with Crippen LogP contribution in [-0.4, -0.2) is 90.2 Å². The van der Waals surface area contributed by atoms with E-state index in [2.05, 4.69) is 21.3 Å². The third kappa shape index (κ3) is 12.6. The predicted octanol–water partition coefficient (Wildman–Crippen LogP) is -1.30. The Labute approximate surface area is 287 Å². The Morgan fingerprint density at radius 1 is 0.816 bits per heavy atom. The van der Waals surface area contributed by atoms with Crippen LogP contribution in [0, 0.1) is 0 Å². The smallest absolute Gasteiger partial charge is 0.243 e. The van der Waals surface area contributed by atoms with Crippen LogP contribution < -0.4 is 49.9 Å². The van der Waals surface area contributed by atoms with Gasteiger partial charge in [0.15, 0.2) is 0 Å². The van der Waals surface area contributed by atoms with Gasteiger partial charge in [0.2, 0.25) is 23.6 Å². The largest absolute Gasteiger partial charge is 0.508 e. The summed E-state index contributed by atoms with van der Waals surface area (Å²) in [6.07, 6.45) is 3.07. The number of benzene rings is 2. The molecule has 49 heavy (non-hydrogen) atoms. The van der Waals surface area contributed by atoms with E-state index in [9.17, 15) is 29.4 Å². The lowest BCUT2D eigenvalue weighted by molar-refractivity contribution is -0.132.